The molecular formula is C12H14N2O2. The number of hydrogen-bond donors (Lipinski definition) is 1. The summed E-state index contributed by atoms with van der Waals surface area (Å²) in [6.07, 6.45) is 1.76. The first-order valence-electron chi connectivity index (χ1n) is 4.98. The molecule has 0 saturated carbocycles. The van der Waals surface area contributed by atoms with E-state index in [-0.39, 0.29) is 0 Å². The fourth-order valence-corrected chi connectivity index (χ4v) is 1.71. The van der Waals surface area contributed by atoms with E-state index in [0.29, 0.717) is 0 Å². The Morgan fingerprint density at radius 3 is 2.62 bits per heavy atom. The highest BCUT2D eigenvalue weighted by atomic mass is 16.5. The van der Waals surface area contributed by atoms with Gasteiger partial charge in [-0.2, -0.15) is 0 Å². The molecule has 1 aromatic carbocycles. The molecule has 0 aliphatic heterocycles. The third-order valence-electron chi connectivity index (χ3n) is 2.50. The van der Waals surface area contributed by atoms with Gasteiger partial charge in [0.05, 0.1) is 25.1 Å². The van der Waals surface area contributed by atoms with Crippen LogP contribution in [0.4, 0.5) is 5.69 Å². The highest BCUT2D eigenvalue weighted by molar-refractivity contribution is 5.97. The summed E-state index contributed by atoms with van der Waals surface area (Å²) in [6.45, 7) is 0. The van der Waals surface area contributed by atoms with Crippen LogP contribution in [0.1, 0.15) is 0 Å². The van der Waals surface area contributed by atoms with Crippen molar-refractivity contribution in [3.63, 3.8) is 0 Å². The van der Waals surface area contributed by atoms with Gasteiger partial charge in [-0.15, -0.1) is 0 Å². The molecule has 0 atom stereocenters. The third kappa shape index (κ3) is 1.62. The van der Waals surface area contributed by atoms with Gasteiger partial charge in [-0.25, -0.2) is 0 Å². The van der Waals surface area contributed by atoms with Gasteiger partial charge in [0.2, 0.25) is 0 Å². The van der Waals surface area contributed by atoms with Crippen molar-refractivity contribution in [1.29, 1.82) is 0 Å². The van der Waals surface area contributed by atoms with Gasteiger partial charge in [-0.1, -0.05) is 0 Å². The van der Waals surface area contributed by atoms with Crippen molar-refractivity contribution in [3.8, 4) is 11.5 Å². The summed E-state index contributed by atoms with van der Waals surface area (Å²) in [7, 11) is 5.14. The summed E-state index contributed by atoms with van der Waals surface area (Å²) in [5.41, 5.74) is 1.84. The average Bonchev–Trinajstić information content (AvgIpc) is 2.36. The quantitative estimate of drug-likeness (QED) is 0.858. The molecule has 1 N–H and O–H groups in total. The number of nitrogens with zero attached hydrogens (tertiary/aromatic N) is 1. The van der Waals surface area contributed by atoms with Crippen molar-refractivity contribution >= 4 is 16.6 Å². The molecule has 84 valence electrons. The number of anilines is 1. The average molecular weight is 218 g/mol. The van der Waals surface area contributed by atoms with Crippen LogP contribution in [0.15, 0.2) is 24.4 Å². The Kier molecular flexibility index (Phi) is 2.81. The molecule has 0 spiro atoms. The van der Waals surface area contributed by atoms with Crippen LogP contribution < -0.4 is 14.8 Å². The van der Waals surface area contributed by atoms with Crippen LogP contribution in [0.3, 0.4) is 0 Å². The lowest BCUT2D eigenvalue weighted by Crippen LogP contribution is -1.95. The Hall–Kier alpha value is -1.97. The lowest BCUT2D eigenvalue weighted by atomic mass is 10.1. The van der Waals surface area contributed by atoms with E-state index in [1.54, 1.807) is 20.4 Å². The summed E-state index contributed by atoms with van der Waals surface area (Å²) in [4.78, 5) is 4.31. The predicted molar refractivity (Wildman–Crippen MR) is 64.4 cm³/mol. The molecule has 0 aliphatic carbocycles. The SMILES string of the molecule is CNc1ccnc2cc(OC)cc(OC)c12. The lowest BCUT2D eigenvalue weighted by Gasteiger charge is -2.11. The minimum absolute atomic E-state index is 0.741. The molecule has 2 aromatic rings. The number of aromatic nitrogens is 1. The second-order valence-electron chi connectivity index (χ2n) is 3.33. The number of methoxy groups -OCH3 is 2. The van der Waals surface area contributed by atoms with Crippen molar-refractivity contribution in [2.24, 2.45) is 0 Å². The standard InChI is InChI=1S/C12H14N2O2/c1-13-9-4-5-14-10-6-8(15-2)7-11(16-3)12(9)10/h4-7H,1-3H3,(H,13,14). The molecule has 16 heavy (non-hydrogen) atoms. The maximum atomic E-state index is 5.35. The zero-order valence-electron chi connectivity index (χ0n) is 9.57. The Morgan fingerprint density at radius 1 is 1.19 bits per heavy atom. The molecule has 2 rings (SSSR count). The smallest absolute Gasteiger partial charge is 0.134 e. The Bertz CT molecular complexity index is 512. The van der Waals surface area contributed by atoms with Gasteiger partial charge in [0.1, 0.15) is 11.5 Å². The number of pyridine rings is 1. The van der Waals surface area contributed by atoms with Crippen LogP contribution in [0.2, 0.25) is 0 Å². The van der Waals surface area contributed by atoms with E-state index in [9.17, 15) is 0 Å². The van der Waals surface area contributed by atoms with Crippen LogP contribution in [0.5, 0.6) is 11.5 Å². The molecule has 0 aliphatic rings. The molecule has 0 saturated heterocycles. The predicted octanol–water partition coefficient (Wildman–Crippen LogP) is 2.29. The van der Waals surface area contributed by atoms with Crippen molar-refractivity contribution in [1.82, 2.24) is 4.98 Å². The molecule has 1 heterocycles. The number of benzene rings is 1. The van der Waals surface area contributed by atoms with E-state index in [1.807, 2.05) is 25.2 Å². The van der Waals surface area contributed by atoms with Gasteiger partial charge in [0, 0.05) is 31.1 Å². The Morgan fingerprint density at radius 2 is 2.00 bits per heavy atom. The maximum Gasteiger partial charge on any atom is 0.134 e. The number of ether oxygens (including phenoxy) is 2. The topological polar surface area (TPSA) is 43.4 Å². The molecule has 0 amide bonds. The van der Waals surface area contributed by atoms with Crippen LogP contribution in [-0.2, 0) is 0 Å². The second-order valence-corrected chi connectivity index (χ2v) is 3.33. The minimum atomic E-state index is 0.741. The Labute approximate surface area is 94.2 Å². The van der Waals surface area contributed by atoms with Crippen molar-refractivity contribution < 1.29 is 9.47 Å². The van der Waals surface area contributed by atoms with E-state index in [1.165, 1.54) is 0 Å². The molecular weight excluding hydrogens is 204 g/mol. The fraction of sp³-hybridized carbons (Fsp3) is 0.250. The summed E-state index contributed by atoms with van der Waals surface area (Å²) in [6, 6.07) is 5.65. The number of rotatable bonds is 3. The minimum Gasteiger partial charge on any atom is -0.497 e. The molecule has 4 nitrogen and oxygen atoms in total. The zero-order valence-corrected chi connectivity index (χ0v) is 9.57. The van der Waals surface area contributed by atoms with Gasteiger partial charge in [0.25, 0.3) is 0 Å². The summed E-state index contributed by atoms with van der Waals surface area (Å²) >= 11 is 0. The molecule has 1 aromatic heterocycles. The number of nitrogens with one attached hydrogen (secondary N) is 1. The third-order valence-corrected chi connectivity index (χ3v) is 2.50. The van der Waals surface area contributed by atoms with Crippen molar-refractivity contribution in [2.45, 2.75) is 0 Å². The van der Waals surface area contributed by atoms with E-state index >= 15 is 0 Å². The van der Waals surface area contributed by atoms with Gasteiger partial charge in [-0.3, -0.25) is 4.98 Å². The molecule has 4 heteroatoms. The van der Waals surface area contributed by atoms with Crippen LogP contribution in [0.25, 0.3) is 10.9 Å². The summed E-state index contributed by atoms with van der Waals surface area (Å²) in [5, 5.41) is 4.09. The first-order chi connectivity index (χ1) is 7.80. The zero-order chi connectivity index (χ0) is 11.5. The van der Waals surface area contributed by atoms with E-state index in [2.05, 4.69) is 10.3 Å². The van der Waals surface area contributed by atoms with Gasteiger partial charge >= 0.3 is 0 Å². The van der Waals surface area contributed by atoms with E-state index in [0.717, 1.165) is 28.1 Å². The highest BCUT2D eigenvalue weighted by Crippen LogP contribution is 2.34. The van der Waals surface area contributed by atoms with Gasteiger partial charge < -0.3 is 14.8 Å². The first kappa shape index (κ1) is 10.5. The van der Waals surface area contributed by atoms with Crippen molar-refractivity contribution in [2.75, 3.05) is 26.6 Å². The molecule has 0 fully saturated rings. The second kappa shape index (κ2) is 4.26. The largest absolute Gasteiger partial charge is 0.497 e. The fourth-order valence-electron chi connectivity index (χ4n) is 1.71. The van der Waals surface area contributed by atoms with Crippen LogP contribution in [-0.4, -0.2) is 26.3 Å². The first-order valence-corrected chi connectivity index (χ1v) is 4.98. The lowest BCUT2D eigenvalue weighted by molar-refractivity contribution is 0.398. The number of hydrogen-bond acceptors (Lipinski definition) is 4. The maximum absolute atomic E-state index is 5.35. The van der Waals surface area contributed by atoms with Crippen LogP contribution in [0, 0.1) is 0 Å². The van der Waals surface area contributed by atoms with E-state index < -0.39 is 0 Å². The summed E-state index contributed by atoms with van der Waals surface area (Å²) < 4.78 is 10.6. The van der Waals surface area contributed by atoms with Gasteiger partial charge in [0.15, 0.2) is 0 Å². The van der Waals surface area contributed by atoms with Crippen molar-refractivity contribution in [3.05, 3.63) is 24.4 Å². The monoisotopic (exact) mass is 218 g/mol. The molecule has 0 radical (unpaired) electrons. The highest BCUT2D eigenvalue weighted by Gasteiger charge is 2.09. The normalized spacial score (nSPS) is 10.2. The number of fused-ring (bicyclic) bond motifs is 1. The van der Waals surface area contributed by atoms with Gasteiger partial charge in [-0.05, 0) is 6.07 Å². The van der Waals surface area contributed by atoms with Crippen LogP contribution >= 0.6 is 0 Å². The molecule has 0 bridgehead atoms. The molecule has 0 unspecified atom stereocenters. The summed E-state index contributed by atoms with van der Waals surface area (Å²) in [5.74, 6) is 1.50. The Balaban J connectivity index is 2.78. The van der Waals surface area contributed by atoms with E-state index in [4.69, 9.17) is 9.47 Å².